The fourth-order valence-electron chi connectivity index (χ4n) is 3.99. The Hall–Kier alpha value is -2.90. The van der Waals surface area contributed by atoms with Gasteiger partial charge in [-0.3, -0.25) is 4.90 Å². The molecule has 2 atom stereocenters. The molecule has 2 heterocycles. The van der Waals surface area contributed by atoms with Crippen molar-refractivity contribution in [2.24, 2.45) is 0 Å². The summed E-state index contributed by atoms with van der Waals surface area (Å²) in [5, 5.41) is 11.9. The predicted octanol–water partition coefficient (Wildman–Crippen LogP) is 2.18. The van der Waals surface area contributed by atoms with E-state index >= 15 is 0 Å². The van der Waals surface area contributed by atoms with E-state index in [0.717, 1.165) is 18.7 Å². The number of carboxylic acid groups (broad SMARTS) is 1. The Morgan fingerprint density at radius 2 is 1.79 bits per heavy atom. The zero-order valence-electron chi connectivity index (χ0n) is 16.2. The van der Waals surface area contributed by atoms with Crippen molar-refractivity contribution in [3.8, 4) is 0 Å². The third-order valence-corrected chi connectivity index (χ3v) is 5.58. The zero-order chi connectivity index (χ0) is 20.2. The third-order valence-electron chi connectivity index (χ3n) is 5.58. The Labute approximate surface area is 169 Å². The van der Waals surface area contributed by atoms with Gasteiger partial charge in [0.2, 0.25) is 0 Å². The van der Waals surface area contributed by atoms with Crippen LogP contribution >= 0.6 is 0 Å². The molecule has 0 aromatic heterocycles. The fourth-order valence-corrected chi connectivity index (χ4v) is 3.99. The highest BCUT2D eigenvalue weighted by Gasteiger charge is 2.41. The molecule has 2 aliphatic rings. The topological polar surface area (TPSA) is 82.1 Å². The van der Waals surface area contributed by atoms with Gasteiger partial charge in [0.1, 0.15) is 0 Å². The van der Waals surface area contributed by atoms with Crippen molar-refractivity contribution in [1.29, 1.82) is 0 Å². The molecular formula is C22H25N3O4. The monoisotopic (exact) mass is 395 g/mol. The highest BCUT2D eigenvalue weighted by molar-refractivity contribution is 5.87. The van der Waals surface area contributed by atoms with Gasteiger partial charge in [0.15, 0.2) is 0 Å². The van der Waals surface area contributed by atoms with E-state index in [1.807, 2.05) is 23.1 Å². The molecule has 2 aliphatic heterocycles. The number of nitrogens with zero attached hydrogens (tertiary/aromatic N) is 2. The molecule has 2 amide bonds. The summed E-state index contributed by atoms with van der Waals surface area (Å²) in [6.45, 7) is 3.98. The average molecular weight is 395 g/mol. The molecule has 7 nitrogen and oxygen atoms in total. The van der Waals surface area contributed by atoms with Crippen molar-refractivity contribution in [1.82, 2.24) is 15.1 Å². The summed E-state index contributed by atoms with van der Waals surface area (Å²) in [5.41, 5.74) is 2.36. The lowest BCUT2D eigenvalue weighted by molar-refractivity contribution is -0.0503. The Morgan fingerprint density at radius 1 is 1.03 bits per heavy atom. The van der Waals surface area contributed by atoms with Crippen LogP contribution in [0.25, 0.3) is 0 Å². The van der Waals surface area contributed by atoms with E-state index in [-0.39, 0.29) is 23.7 Å². The second-order valence-electron chi connectivity index (χ2n) is 7.50. The molecule has 0 radical (unpaired) electrons. The molecule has 0 unspecified atom stereocenters. The zero-order valence-corrected chi connectivity index (χ0v) is 16.2. The van der Waals surface area contributed by atoms with Crippen LogP contribution in [-0.4, -0.2) is 65.3 Å². The predicted molar refractivity (Wildman–Crippen MR) is 108 cm³/mol. The first-order chi connectivity index (χ1) is 14.1. The van der Waals surface area contributed by atoms with Gasteiger partial charge in [-0.15, -0.1) is 0 Å². The van der Waals surface area contributed by atoms with Gasteiger partial charge < -0.3 is 20.1 Å². The third kappa shape index (κ3) is 4.58. The van der Waals surface area contributed by atoms with Gasteiger partial charge in [0.05, 0.1) is 30.9 Å². The number of hydrogen-bond acceptors (Lipinski definition) is 4. The van der Waals surface area contributed by atoms with E-state index in [4.69, 9.17) is 9.84 Å². The maximum atomic E-state index is 12.6. The number of carboxylic acids is 1. The van der Waals surface area contributed by atoms with Crippen molar-refractivity contribution >= 4 is 12.0 Å². The van der Waals surface area contributed by atoms with Crippen molar-refractivity contribution < 1.29 is 19.4 Å². The summed E-state index contributed by atoms with van der Waals surface area (Å²) < 4.78 is 5.93. The quantitative estimate of drug-likeness (QED) is 0.811. The van der Waals surface area contributed by atoms with E-state index < -0.39 is 5.97 Å². The summed E-state index contributed by atoms with van der Waals surface area (Å²) >= 11 is 0. The number of rotatable bonds is 5. The molecule has 0 saturated carbocycles. The SMILES string of the molecule is O=C(O)c1ccc(CNC(=O)N2C[C@@H]3OCCN(Cc4ccccc4)[C@@H]3C2)cc1. The first kappa shape index (κ1) is 19.4. The second-order valence-corrected chi connectivity index (χ2v) is 7.50. The number of carbonyl (C=O) groups excluding carboxylic acids is 1. The van der Waals surface area contributed by atoms with Crippen molar-refractivity contribution in [2.45, 2.75) is 25.2 Å². The Morgan fingerprint density at radius 3 is 2.52 bits per heavy atom. The summed E-state index contributed by atoms with van der Waals surface area (Å²) in [6, 6.07) is 17.0. The molecular weight excluding hydrogens is 370 g/mol. The van der Waals surface area contributed by atoms with Crippen molar-refractivity contribution in [2.75, 3.05) is 26.2 Å². The number of amides is 2. The molecule has 0 bridgehead atoms. The van der Waals surface area contributed by atoms with Gasteiger partial charge in [-0.25, -0.2) is 9.59 Å². The van der Waals surface area contributed by atoms with Gasteiger partial charge in [-0.1, -0.05) is 42.5 Å². The molecule has 2 aromatic carbocycles. The van der Waals surface area contributed by atoms with Crippen LogP contribution in [0.1, 0.15) is 21.5 Å². The molecule has 2 N–H and O–H groups in total. The van der Waals surface area contributed by atoms with Crippen LogP contribution in [0.15, 0.2) is 54.6 Å². The number of hydrogen-bond donors (Lipinski definition) is 2. The minimum Gasteiger partial charge on any atom is -0.478 e. The summed E-state index contributed by atoms with van der Waals surface area (Å²) in [7, 11) is 0. The lowest BCUT2D eigenvalue weighted by Crippen LogP contribution is -2.50. The molecule has 2 aromatic rings. The fraction of sp³-hybridized carbons (Fsp3) is 0.364. The normalized spacial score (nSPS) is 21.6. The Kier molecular flexibility index (Phi) is 5.78. The van der Waals surface area contributed by atoms with Crippen LogP contribution in [-0.2, 0) is 17.8 Å². The lowest BCUT2D eigenvalue weighted by atomic mass is 10.1. The number of morpholine rings is 1. The largest absolute Gasteiger partial charge is 0.478 e. The molecule has 4 rings (SSSR count). The summed E-state index contributed by atoms with van der Waals surface area (Å²) in [5.74, 6) is -0.958. The first-order valence-electron chi connectivity index (χ1n) is 9.85. The van der Waals surface area contributed by atoms with E-state index in [2.05, 4.69) is 22.3 Å². The van der Waals surface area contributed by atoms with Crippen LogP contribution in [0.2, 0.25) is 0 Å². The number of carbonyl (C=O) groups is 2. The molecule has 7 heteroatoms. The van der Waals surface area contributed by atoms with Crippen LogP contribution < -0.4 is 5.32 Å². The highest BCUT2D eigenvalue weighted by Crippen LogP contribution is 2.24. The molecule has 0 spiro atoms. The van der Waals surface area contributed by atoms with Gasteiger partial charge in [0, 0.05) is 26.2 Å². The van der Waals surface area contributed by atoms with Crippen LogP contribution in [0.3, 0.4) is 0 Å². The average Bonchev–Trinajstić information content (AvgIpc) is 3.19. The highest BCUT2D eigenvalue weighted by atomic mass is 16.5. The number of aromatic carboxylic acids is 1. The maximum Gasteiger partial charge on any atom is 0.335 e. The maximum absolute atomic E-state index is 12.6. The minimum atomic E-state index is -0.958. The van der Waals surface area contributed by atoms with Crippen molar-refractivity contribution in [3.63, 3.8) is 0 Å². The number of likely N-dealkylation sites (tertiary alicyclic amines) is 1. The van der Waals surface area contributed by atoms with Crippen molar-refractivity contribution in [3.05, 3.63) is 71.3 Å². The molecule has 29 heavy (non-hydrogen) atoms. The van der Waals surface area contributed by atoms with Gasteiger partial charge in [0.25, 0.3) is 0 Å². The number of nitrogens with one attached hydrogen (secondary N) is 1. The smallest absolute Gasteiger partial charge is 0.335 e. The lowest BCUT2D eigenvalue weighted by Gasteiger charge is -2.36. The second kappa shape index (κ2) is 8.63. The molecule has 2 saturated heterocycles. The number of fused-ring (bicyclic) bond motifs is 1. The summed E-state index contributed by atoms with van der Waals surface area (Å²) in [4.78, 5) is 27.8. The summed E-state index contributed by atoms with van der Waals surface area (Å²) in [6.07, 6.45) is 0.0352. The molecule has 152 valence electrons. The molecule has 0 aliphatic carbocycles. The number of urea groups is 1. The Balaban J connectivity index is 1.33. The molecule has 2 fully saturated rings. The number of benzene rings is 2. The van der Waals surface area contributed by atoms with E-state index in [9.17, 15) is 9.59 Å². The first-order valence-corrected chi connectivity index (χ1v) is 9.85. The van der Waals surface area contributed by atoms with Crippen LogP contribution in [0.5, 0.6) is 0 Å². The van der Waals surface area contributed by atoms with Gasteiger partial charge in [-0.2, -0.15) is 0 Å². The van der Waals surface area contributed by atoms with Gasteiger partial charge in [-0.05, 0) is 23.3 Å². The Bertz CT molecular complexity index is 856. The number of ether oxygens (including phenoxy) is 1. The standard InChI is InChI=1S/C22H25N3O4/c26-21(27)18-8-6-16(7-9-18)12-23-22(28)25-14-19-20(15-25)29-11-10-24(19)13-17-4-2-1-3-5-17/h1-9,19-20H,10-15H2,(H,23,28)(H,26,27)/t19-,20+/m1/s1. The van der Waals surface area contributed by atoms with E-state index in [1.165, 1.54) is 5.56 Å². The van der Waals surface area contributed by atoms with E-state index in [0.29, 0.717) is 26.2 Å². The van der Waals surface area contributed by atoms with Crippen LogP contribution in [0, 0.1) is 0 Å². The van der Waals surface area contributed by atoms with Gasteiger partial charge >= 0.3 is 12.0 Å². The van der Waals surface area contributed by atoms with E-state index in [1.54, 1.807) is 24.3 Å². The van der Waals surface area contributed by atoms with Crippen LogP contribution in [0.4, 0.5) is 4.79 Å². The minimum absolute atomic E-state index is 0.0352.